The number of hydrogen-bond donors (Lipinski definition) is 1. The Morgan fingerprint density at radius 3 is 2.77 bits per heavy atom. The van der Waals surface area contributed by atoms with Gasteiger partial charge in [0.1, 0.15) is 23.5 Å². The first-order chi connectivity index (χ1) is 14.2. The average Bonchev–Trinajstić information content (AvgIpc) is 3.12. The first-order valence-electron chi connectivity index (χ1n) is 9.83. The molecular formula is C22H21ClF2N4O. The van der Waals surface area contributed by atoms with Crippen LogP contribution in [-0.4, -0.2) is 27.5 Å². The lowest BCUT2D eigenvalue weighted by molar-refractivity contribution is -0.0506. The number of imidazole rings is 1. The summed E-state index contributed by atoms with van der Waals surface area (Å²) in [4.78, 5) is 9.78. The Bertz CT molecular complexity index is 1180. The number of benzene rings is 2. The number of fused-ring (bicyclic) bond motifs is 9. The molecule has 3 heterocycles. The van der Waals surface area contributed by atoms with Crippen molar-refractivity contribution in [1.29, 1.82) is 0 Å². The van der Waals surface area contributed by atoms with Gasteiger partial charge >= 0.3 is 6.61 Å². The van der Waals surface area contributed by atoms with E-state index in [1.54, 1.807) is 18.2 Å². The average molecular weight is 431 g/mol. The van der Waals surface area contributed by atoms with Crippen molar-refractivity contribution in [3.8, 4) is 5.75 Å². The lowest BCUT2D eigenvalue weighted by Crippen LogP contribution is -2.41. The van der Waals surface area contributed by atoms with Crippen molar-refractivity contribution in [3.63, 3.8) is 0 Å². The number of aliphatic imine (C=N–C) groups is 1. The van der Waals surface area contributed by atoms with Gasteiger partial charge in [-0.1, -0.05) is 23.7 Å². The van der Waals surface area contributed by atoms with Gasteiger partial charge in [0.15, 0.2) is 0 Å². The normalized spacial score (nSPS) is 20.0. The molecule has 1 N–H and O–H groups in total. The van der Waals surface area contributed by atoms with Crippen LogP contribution in [0.2, 0.25) is 5.02 Å². The number of ether oxygens (including phenoxy) is 1. The molecule has 5 rings (SSSR count). The van der Waals surface area contributed by atoms with Gasteiger partial charge in [0, 0.05) is 28.1 Å². The van der Waals surface area contributed by atoms with E-state index in [0.717, 1.165) is 22.4 Å². The summed E-state index contributed by atoms with van der Waals surface area (Å²) in [6.07, 6.45) is 0.622. The van der Waals surface area contributed by atoms with Crippen LogP contribution < -0.4 is 10.1 Å². The molecule has 0 radical (unpaired) electrons. The second-order valence-corrected chi connectivity index (χ2v) is 9.13. The molecule has 0 amide bonds. The van der Waals surface area contributed by atoms with Crippen molar-refractivity contribution >= 4 is 28.5 Å². The Hall–Kier alpha value is -2.67. The van der Waals surface area contributed by atoms with E-state index in [9.17, 15) is 8.78 Å². The number of halogens is 3. The monoisotopic (exact) mass is 430 g/mol. The molecule has 2 aliphatic heterocycles. The topological polar surface area (TPSA) is 51.4 Å². The van der Waals surface area contributed by atoms with E-state index < -0.39 is 6.61 Å². The number of aromatic nitrogens is 2. The molecule has 0 spiro atoms. The standard InChI is InChI=1S/C22H21ClF2N4O/c1-22(2,3)28-19-12-5-4-6-17(30-21(24)25)18(12)16-10-14(26-19)20-27-13-8-7-11(23)9-15(13)29(16)20/h4-9,14,16,21H,10H2,1-3H3,(H,26,28)/t14-,16-/m1/s1. The number of amidine groups is 1. The fraction of sp³-hybridized carbons (Fsp3) is 0.364. The van der Waals surface area contributed by atoms with Gasteiger partial charge in [-0.05, 0) is 45.0 Å². The van der Waals surface area contributed by atoms with Crippen LogP contribution in [0.1, 0.15) is 56.2 Å². The molecule has 156 valence electrons. The quantitative estimate of drug-likeness (QED) is 0.586. The highest BCUT2D eigenvalue weighted by Crippen LogP contribution is 2.49. The number of nitrogens with one attached hydrogen (secondary N) is 1. The molecule has 2 aliphatic rings. The van der Waals surface area contributed by atoms with Crippen LogP contribution >= 0.6 is 11.6 Å². The van der Waals surface area contributed by atoms with Crippen LogP contribution in [0.3, 0.4) is 0 Å². The van der Waals surface area contributed by atoms with E-state index in [2.05, 4.69) is 9.88 Å². The zero-order chi connectivity index (χ0) is 21.2. The summed E-state index contributed by atoms with van der Waals surface area (Å²) in [5.74, 6) is 1.64. The minimum absolute atomic E-state index is 0.160. The van der Waals surface area contributed by atoms with Gasteiger partial charge in [0.25, 0.3) is 0 Å². The summed E-state index contributed by atoms with van der Waals surface area (Å²) in [5.41, 5.74) is 2.87. The van der Waals surface area contributed by atoms with Crippen LogP contribution in [0.25, 0.3) is 11.0 Å². The van der Waals surface area contributed by atoms with Crippen LogP contribution in [-0.2, 0) is 0 Å². The third-order valence-corrected chi connectivity index (χ3v) is 5.62. The van der Waals surface area contributed by atoms with Crippen LogP contribution in [0.15, 0.2) is 41.4 Å². The van der Waals surface area contributed by atoms with E-state index in [-0.39, 0.29) is 23.4 Å². The zero-order valence-corrected chi connectivity index (χ0v) is 17.5. The highest BCUT2D eigenvalue weighted by atomic mass is 35.5. The minimum atomic E-state index is -2.92. The van der Waals surface area contributed by atoms with Crippen molar-refractivity contribution in [2.75, 3.05) is 0 Å². The lowest BCUT2D eigenvalue weighted by Gasteiger charge is -2.27. The summed E-state index contributed by atoms with van der Waals surface area (Å²) in [7, 11) is 0. The smallest absolute Gasteiger partial charge is 0.387 e. The predicted molar refractivity (Wildman–Crippen MR) is 113 cm³/mol. The van der Waals surface area contributed by atoms with Gasteiger partial charge in [-0.3, -0.25) is 4.99 Å². The fourth-order valence-electron chi connectivity index (χ4n) is 4.40. The number of hydrogen-bond acceptors (Lipinski definition) is 4. The van der Waals surface area contributed by atoms with E-state index in [1.807, 2.05) is 39.0 Å². The van der Waals surface area contributed by atoms with Crippen molar-refractivity contribution in [2.45, 2.75) is 51.4 Å². The van der Waals surface area contributed by atoms with Gasteiger partial charge in [0.05, 0.1) is 17.1 Å². The third kappa shape index (κ3) is 3.12. The Balaban J connectivity index is 1.79. The van der Waals surface area contributed by atoms with Crippen molar-refractivity contribution < 1.29 is 13.5 Å². The number of alkyl halides is 2. The van der Waals surface area contributed by atoms with Gasteiger partial charge in [-0.15, -0.1) is 0 Å². The second-order valence-electron chi connectivity index (χ2n) is 8.69. The van der Waals surface area contributed by atoms with Crippen LogP contribution in [0.5, 0.6) is 5.75 Å². The summed E-state index contributed by atoms with van der Waals surface area (Å²) in [5, 5.41) is 4.04. The van der Waals surface area contributed by atoms with Crippen LogP contribution in [0.4, 0.5) is 8.78 Å². The molecule has 5 nitrogen and oxygen atoms in total. The first-order valence-corrected chi connectivity index (χ1v) is 10.2. The molecule has 0 aliphatic carbocycles. The van der Waals surface area contributed by atoms with Crippen molar-refractivity contribution in [2.24, 2.45) is 4.99 Å². The maximum Gasteiger partial charge on any atom is 0.387 e. The predicted octanol–water partition coefficient (Wildman–Crippen LogP) is 5.47. The van der Waals surface area contributed by atoms with Gasteiger partial charge in [-0.2, -0.15) is 8.78 Å². The molecule has 1 aromatic heterocycles. The molecule has 0 unspecified atom stereocenters. The number of nitrogens with zero attached hydrogens (tertiary/aromatic N) is 3. The molecule has 2 aromatic carbocycles. The fourth-order valence-corrected chi connectivity index (χ4v) is 4.57. The van der Waals surface area contributed by atoms with E-state index in [4.69, 9.17) is 26.3 Å². The summed E-state index contributed by atoms with van der Waals surface area (Å²) >= 11 is 6.25. The van der Waals surface area contributed by atoms with Crippen molar-refractivity contribution in [3.05, 3.63) is 58.4 Å². The largest absolute Gasteiger partial charge is 0.434 e. The minimum Gasteiger partial charge on any atom is -0.434 e. The van der Waals surface area contributed by atoms with Gasteiger partial charge in [-0.25, -0.2) is 4.98 Å². The Kier molecular flexibility index (Phi) is 4.29. The summed E-state index contributed by atoms with van der Waals surface area (Å²) < 4.78 is 33.5. The highest BCUT2D eigenvalue weighted by Gasteiger charge is 2.41. The maximum atomic E-state index is 13.2. The Morgan fingerprint density at radius 1 is 1.23 bits per heavy atom. The van der Waals surface area contributed by atoms with Gasteiger partial charge < -0.3 is 14.6 Å². The molecule has 0 saturated heterocycles. The molecular weight excluding hydrogens is 410 g/mol. The highest BCUT2D eigenvalue weighted by molar-refractivity contribution is 6.31. The summed E-state index contributed by atoms with van der Waals surface area (Å²) in [6.45, 7) is 3.19. The van der Waals surface area contributed by atoms with E-state index in [0.29, 0.717) is 22.8 Å². The third-order valence-electron chi connectivity index (χ3n) is 5.38. The lowest BCUT2D eigenvalue weighted by atomic mass is 9.96. The van der Waals surface area contributed by atoms with E-state index >= 15 is 0 Å². The second kappa shape index (κ2) is 6.67. The maximum absolute atomic E-state index is 13.2. The molecule has 0 fully saturated rings. The van der Waals surface area contributed by atoms with Crippen LogP contribution in [0, 0.1) is 0 Å². The summed E-state index contributed by atoms with van der Waals surface area (Å²) in [6, 6.07) is 10.3. The molecule has 3 aromatic rings. The Labute approximate surface area is 177 Å². The van der Waals surface area contributed by atoms with Crippen molar-refractivity contribution in [1.82, 2.24) is 14.9 Å². The molecule has 8 heteroatoms. The zero-order valence-electron chi connectivity index (χ0n) is 16.8. The Morgan fingerprint density at radius 2 is 2.03 bits per heavy atom. The molecule has 2 atom stereocenters. The number of rotatable bonds is 2. The molecule has 30 heavy (non-hydrogen) atoms. The SMILES string of the molecule is CC(C)(C)NC1=N[C@@H]2C[C@H](c3c(OC(F)F)cccc31)n1c2nc2ccc(Cl)cc21. The van der Waals surface area contributed by atoms with E-state index in [1.165, 1.54) is 0 Å². The van der Waals surface area contributed by atoms with Gasteiger partial charge in [0.2, 0.25) is 0 Å². The molecule has 0 saturated carbocycles. The molecule has 2 bridgehead atoms. The first kappa shape index (κ1) is 19.3.